The normalized spacial score (nSPS) is 12.5. The van der Waals surface area contributed by atoms with Gasteiger partial charge in [0.1, 0.15) is 0 Å². The van der Waals surface area contributed by atoms with Crippen LogP contribution in [-0.2, 0) is 4.79 Å². The van der Waals surface area contributed by atoms with Crippen molar-refractivity contribution in [3.8, 4) is 0 Å². The number of halogens is 1. The van der Waals surface area contributed by atoms with Gasteiger partial charge in [0, 0.05) is 6.04 Å². The second-order valence-corrected chi connectivity index (χ2v) is 6.49. The Labute approximate surface area is 112 Å². The fourth-order valence-electron chi connectivity index (χ4n) is 1.32. The molecule has 0 aliphatic heterocycles. The molecule has 1 atom stereocenters. The summed E-state index contributed by atoms with van der Waals surface area (Å²) in [4.78, 5) is 23.1. The Balaban J connectivity index is 2.67. The van der Waals surface area contributed by atoms with Crippen LogP contribution in [0.4, 0.5) is 0 Å². The summed E-state index contributed by atoms with van der Waals surface area (Å²) in [5, 5.41) is 11.5. The summed E-state index contributed by atoms with van der Waals surface area (Å²) in [7, 11) is 0. The van der Waals surface area contributed by atoms with Crippen LogP contribution in [0, 0.1) is 5.92 Å². The number of hydrogen-bond acceptors (Lipinski definition) is 3. The van der Waals surface area contributed by atoms with Gasteiger partial charge in [-0.2, -0.15) is 0 Å². The largest absolute Gasteiger partial charge is 0.481 e. The van der Waals surface area contributed by atoms with Crippen molar-refractivity contribution in [3.63, 3.8) is 0 Å². The highest BCUT2D eigenvalue weighted by Gasteiger charge is 2.20. The van der Waals surface area contributed by atoms with Crippen molar-refractivity contribution in [1.82, 2.24) is 5.32 Å². The summed E-state index contributed by atoms with van der Waals surface area (Å²) in [5.41, 5.74) is 0. The molecule has 0 saturated carbocycles. The van der Waals surface area contributed by atoms with Crippen molar-refractivity contribution >= 4 is 39.1 Å². The Kier molecular flexibility index (Phi) is 5.14. The van der Waals surface area contributed by atoms with E-state index in [0.717, 1.165) is 3.79 Å². The molecule has 0 fully saturated rings. The molecule has 17 heavy (non-hydrogen) atoms. The number of carboxylic acids is 1. The minimum atomic E-state index is -0.906. The topological polar surface area (TPSA) is 66.4 Å². The lowest BCUT2D eigenvalue weighted by Gasteiger charge is -2.20. The zero-order valence-electron chi connectivity index (χ0n) is 9.57. The molecule has 1 amide bonds. The third-order valence-electron chi connectivity index (χ3n) is 2.31. The van der Waals surface area contributed by atoms with Crippen LogP contribution < -0.4 is 5.32 Å². The maximum Gasteiger partial charge on any atom is 0.305 e. The minimum absolute atomic E-state index is 0.0596. The van der Waals surface area contributed by atoms with Gasteiger partial charge in [-0.25, -0.2) is 0 Å². The first-order chi connectivity index (χ1) is 7.90. The number of carboxylic acid groups (broad SMARTS) is 1. The van der Waals surface area contributed by atoms with Gasteiger partial charge < -0.3 is 10.4 Å². The Morgan fingerprint density at radius 3 is 2.53 bits per heavy atom. The molecule has 0 bridgehead atoms. The van der Waals surface area contributed by atoms with E-state index in [1.165, 1.54) is 11.3 Å². The van der Waals surface area contributed by atoms with E-state index in [1.807, 2.05) is 13.8 Å². The fraction of sp³-hybridized carbons (Fsp3) is 0.455. The van der Waals surface area contributed by atoms with Crippen LogP contribution in [0.5, 0.6) is 0 Å². The average Bonchev–Trinajstić information content (AvgIpc) is 2.63. The molecule has 0 saturated heterocycles. The molecule has 0 aliphatic rings. The monoisotopic (exact) mass is 319 g/mol. The van der Waals surface area contributed by atoms with Crippen LogP contribution in [-0.4, -0.2) is 23.0 Å². The van der Waals surface area contributed by atoms with Crippen LogP contribution >= 0.6 is 27.3 Å². The third-order valence-corrected chi connectivity index (χ3v) is 3.94. The van der Waals surface area contributed by atoms with Gasteiger partial charge >= 0.3 is 5.97 Å². The zero-order valence-corrected chi connectivity index (χ0v) is 12.0. The molecule has 1 heterocycles. The van der Waals surface area contributed by atoms with Gasteiger partial charge in [-0.1, -0.05) is 13.8 Å². The van der Waals surface area contributed by atoms with Gasteiger partial charge in [0.05, 0.1) is 15.1 Å². The number of amides is 1. The van der Waals surface area contributed by atoms with Crippen LogP contribution in [0.3, 0.4) is 0 Å². The van der Waals surface area contributed by atoms with Crippen LogP contribution in [0.2, 0.25) is 0 Å². The van der Waals surface area contributed by atoms with E-state index in [9.17, 15) is 9.59 Å². The first-order valence-corrected chi connectivity index (χ1v) is 6.79. The average molecular weight is 320 g/mol. The lowest BCUT2D eigenvalue weighted by atomic mass is 10.0. The maximum atomic E-state index is 11.8. The number of thiophene rings is 1. The van der Waals surface area contributed by atoms with Crippen molar-refractivity contribution in [2.24, 2.45) is 5.92 Å². The highest BCUT2D eigenvalue weighted by molar-refractivity contribution is 9.11. The van der Waals surface area contributed by atoms with E-state index in [0.29, 0.717) is 4.88 Å². The van der Waals surface area contributed by atoms with Crippen LogP contribution in [0.25, 0.3) is 0 Å². The standard InChI is InChI=1S/C11H14BrNO3S/c1-6(2)7(5-10(14)15)13-11(16)8-3-4-9(12)17-8/h3-4,6-7H,5H2,1-2H3,(H,13,16)(H,14,15). The Morgan fingerprint density at radius 2 is 2.12 bits per heavy atom. The molecule has 1 rings (SSSR count). The molecule has 1 unspecified atom stereocenters. The molecule has 0 radical (unpaired) electrons. The van der Waals surface area contributed by atoms with Gasteiger partial charge in [0.2, 0.25) is 0 Å². The van der Waals surface area contributed by atoms with E-state index in [-0.39, 0.29) is 24.3 Å². The van der Waals surface area contributed by atoms with Gasteiger partial charge in [-0.05, 0) is 34.0 Å². The number of aliphatic carboxylic acids is 1. The van der Waals surface area contributed by atoms with Crippen LogP contribution in [0.1, 0.15) is 29.9 Å². The zero-order chi connectivity index (χ0) is 13.0. The van der Waals surface area contributed by atoms with Gasteiger partial charge in [0.25, 0.3) is 5.91 Å². The quantitative estimate of drug-likeness (QED) is 0.877. The number of carbonyl (C=O) groups excluding carboxylic acids is 1. The summed E-state index contributed by atoms with van der Waals surface area (Å²) in [5.74, 6) is -1.05. The third kappa shape index (κ3) is 4.47. The molecule has 0 spiro atoms. The molecule has 1 aromatic heterocycles. The molecule has 6 heteroatoms. The smallest absolute Gasteiger partial charge is 0.305 e. The van der Waals surface area contributed by atoms with E-state index in [1.54, 1.807) is 12.1 Å². The van der Waals surface area contributed by atoms with Crippen molar-refractivity contribution in [2.45, 2.75) is 26.3 Å². The molecule has 1 aromatic rings. The summed E-state index contributed by atoms with van der Waals surface area (Å²) in [6.45, 7) is 3.77. The molecular formula is C11H14BrNO3S. The molecule has 4 nitrogen and oxygen atoms in total. The predicted molar refractivity (Wildman–Crippen MR) is 70.4 cm³/mol. The summed E-state index contributed by atoms with van der Waals surface area (Å²) in [6, 6.07) is 3.16. The van der Waals surface area contributed by atoms with Crippen molar-refractivity contribution in [3.05, 3.63) is 20.8 Å². The van der Waals surface area contributed by atoms with Crippen molar-refractivity contribution in [2.75, 3.05) is 0 Å². The van der Waals surface area contributed by atoms with E-state index < -0.39 is 5.97 Å². The number of carbonyl (C=O) groups is 2. The molecule has 0 aliphatic carbocycles. The Bertz CT molecular complexity index is 417. The number of hydrogen-bond donors (Lipinski definition) is 2. The first kappa shape index (κ1) is 14.2. The van der Waals surface area contributed by atoms with Gasteiger partial charge in [0.15, 0.2) is 0 Å². The number of nitrogens with one attached hydrogen (secondary N) is 1. The Hall–Kier alpha value is -0.880. The van der Waals surface area contributed by atoms with Gasteiger partial charge in [-0.3, -0.25) is 9.59 Å². The summed E-state index contributed by atoms with van der Waals surface area (Å²) >= 11 is 4.61. The van der Waals surface area contributed by atoms with Crippen molar-refractivity contribution in [1.29, 1.82) is 0 Å². The predicted octanol–water partition coefficient (Wildman–Crippen LogP) is 2.74. The summed E-state index contributed by atoms with van der Waals surface area (Å²) in [6.07, 6.45) is -0.0596. The van der Waals surface area contributed by atoms with Crippen LogP contribution in [0.15, 0.2) is 15.9 Å². The Morgan fingerprint density at radius 1 is 1.47 bits per heavy atom. The van der Waals surface area contributed by atoms with E-state index in [4.69, 9.17) is 5.11 Å². The lowest BCUT2D eigenvalue weighted by molar-refractivity contribution is -0.137. The highest BCUT2D eigenvalue weighted by Crippen LogP contribution is 2.22. The van der Waals surface area contributed by atoms with E-state index >= 15 is 0 Å². The molecule has 94 valence electrons. The van der Waals surface area contributed by atoms with Crippen molar-refractivity contribution < 1.29 is 14.7 Å². The SMILES string of the molecule is CC(C)C(CC(=O)O)NC(=O)c1ccc(Br)s1. The van der Waals surface area contributed by atoms with Gasteiger partial charge in [-0.15, -0.1) is 11.3 Å². The molecule has 2 N–H and O–H groups in total. The fourth-order valence-corrected chi connectivity index (χ4v) is 2.61. The second-order valence-electron chi connectivity index (χ2n) is 4.03. The highest BCUT2D eigenvalue weighted by atomic mass is 79.9. The first-order valence-electron chi connectivity index (χ1n) is 5.18. The maximum absolute atomic E-state index is 11.8. The summed E-state index contributed by atoms with van der Waals surface area (Å²) < 4.78 is 0.877. The number of rotatable bonds is 5. The minimum Gasteiger partial charge on any atom is -0.481 e. The molecule has 0 aromatic carbocycles. The molecular weight excluding hydrogens is 306 g/mol. The lowest BCUT2D eigenvalue weighted by Crippen LogP contribution is -2.39. The second kappa shape index (κ2) is 6.16. The van der Waals surface area contributed by atoms with E-state index in [2.05, 4.69) is 21.2 Å².